The average molecular weight is 287 g/mol. The molecule has 1 unspecified atom stereocenters. The van der Waals surface area contributed by atoms with Gasteiger partial charge in [-0.25, -0.2) is 9.59 Å². The fraction of sp³-hybridized carbons (Fsp3) is 0.267. The summed E-state index contributed by atoms with van der Waals surface area (Å²) >= 11 is 0. The monoisotopic (exact) mass is 287 g/mol. The second kappa shape index (κ2) is 6.21. The molecule has 0 bridgehead atoms. The quantitative estimate of drug-likeness (QED) is 0.934. The van der Waals surface area contributed by atoms with E-state index in [1.165, 1.54) is 4.90 Å². The molecule has 2 rings (SSSR count). The molecule has 6 heteroatoms. The van der Waals surface area contributed by atoms with E-state index in [0.717, 1.165) is 0 Å². The van der Waals surface area contributed by atoms with Gasteiger partial charge in [0.05, 0.1) is 0 Å². The number of primary amides is 1. The minimum atomic E-state index is -0.675. The molecule has 0 aromatic carbocycles. The summed E-state index contributed by atoms with van der Waals surface area (Å²) in [4.78, 5) is 28.9. The topological polar surface area (TPSA) is 89.4 Å². The number of hydrogen-bond acceptors (Lipinski definition) is 4. The highest BCUT2D eigenvalue weighted by atomic mass is 16.4. The van der Waals surface area contributed by atoms with E-state index in [4.69, 9.17) is 10.2 Å². The molecule has 0 radical (unpaired) electrons. The lowest BCUT2D eigenvalue weighted by molar-refractivity contribution is 0.251. The van der Waals surface area contributed by atoms with E-state index < -0.39 is 11.7 Å². The number of carbonyl (C=O) groups excluding carboxylic acids is 1. The Kier molecular flexibility index (Phi) is 4.37. The van der Waals surface area contributed by atoms with Gasteiger partial charge in [0.25, 0.3) is 0 Å². The minimum Gasteiger partial charge on any atom is -0.421 e. The van der Waals surface area contributed by atoms with E-state index in [9.17, 15) is 9.59 Å². The van der Waals surface area contributed by atoms with Gasteiger partial charge in [-0.05, 0) is 37.6 Å². The molecule has 2 N–H and O–H groups in total. The minimum absolute atomic E-state index is 0.143. The van der Waals surface area contributed by atoms with Crippen LogP contribution in [-0.4, -0.2) is 17.1 Å². The average Bonchev–Trinajstić information content (AvgIpc) is 2.49. The molecule has 0 aliphatic carbocycles. The molecule has 0 spiro atoms. The predicted octanol–water partition coefficient (Wildman–Crippen LogP) is 2.39. The van der Waals surface area contributed by atoms with Crippen LogP contribution in [0.15, 0.2) is 45.9 Å². The van der Waals surface area contributed by atoms with Crippen LogP contribution in [0.3, 0.4) is 0 Å². The van der Waals surface area contributed by atoms with Gasteiger partial charge in [0, 0.05) is 24.0 Å². The Morgan fingerprint density at radius 2 is 2.19 bits per heavy atom. The molecule has 110 valence electrons. The van der Waals surface area contributed by atoms with Gasteiger partial charge in [0.15, 0.2) is 0 Å². The number of carbonyl (C=O) groups is 1. The van der Waals surface area contributed by atoms with Crippen LogP contribution < -0.4 is 16.3 Å². The molecule has 0 aliphatic rings. The molecule has 1 atom stereocenters. The highest BCUT2D eigenvalue weighted by Crippen LogP contribution is 2.20. The van der Waals surface area contributed by atoms with Crippen LogP contribution in [0, 0.1) is 0 Å². The van der Waals surface area contributed by atoms with Gasteiger partial charge in [-0.1, -0.05) is 6.92 Å². The third kappa shape index (κ3) is 3.10. The van der Waals surface area contributed by atoms with Crippen molar-refractivity contribution in [1.82, 2.24) is 4.98 Å². The van der Waals surface area contributed by atoms with Crippen LogP contribution in [0.2, 0.25) is 0 Å². The molecule has 0 saturated carbocycles. The summed E-state index contributed by atoms with van der Waals surface area (Å²) in [5.41, 5.74) is 5.59. The van der Waals surface area contributed by atoms with Gasteiger partial charge in [0.1, 0.15) is 11.4 Å². The highest BCUT2D eigenvalue weighted by Gasteiger charge is 2.22. The Balaban J connectivity index is 2.44. The van der Waals surface area contributed by atoms with Crippen molar-refractivity contribution in [1.29, 1.82) is 0 Å². The van der Waals surface area contributed by atoms with E-state index in [1.54, 1.807) is 36.7 Å². The van der Waals surface area contributed by atoms with Gasteiger partial charge in [-0.15, -0.1) is 0 Å². The zero-order valence-corrected chi connectivity index (χ0v) is 11.9. The maximum absolute atomic E-state index is 12.1. The number of nitrogens with two attached hydrogens (primary N) is 1. The third-order valence-corrected chi connectivity index (χ3v) is 3.28. The lowest BCUT2D eigenvalue weighted by atomic mass is 10.2. The van der Waals surface area contributed by atoms with E-state index >= 15 is 0 Å². The van der Waals surface area contributed by atoms with E-state index in [2.05, 4.69) is 4.98 Å². The Bertz CT molecular complexity index is 682. The molecule has 2 aromatic rings. The van der Waals surface area contributed by atoms with Crippen molar-refractivity contribution in [2.24, 2.45) is 5.73 Å². The fourth-order valence-electron chi connectivity index (χ4n) is 2.01. The van der Waals surface area contributed by atoms with E-state index in [-0.39, 0.29) is 11.7 Å². The van der Waals surface area contributed by atoms with E-state index in [1.807, 2.05) is 13.8 Å². The molecule has 0 fully saturated rings. The van der Waals surface area contributed by atoms with Gasteiger partial charge < -0.3 is 10.2 Å². The van der Waals surface area contributed by atoms with Crippen molar-refractivity contribution in [2.75, 3.05) is 4.90 Å². The van der Waals surface area contributed by atoms with Gasteiger partial charge in [-0.3, -0.25) is 9.88 Å². The summed E-state index contributed by atoms with van der Waals surface area (Å²) in [6.45, 7) is 3.73. The molecule has 2 amide bonds. The van der Waals surface area contributed by atoms with Crippen LogP contribution >= 0.6 is 0 Å². The van der Waals surface area contributed by atoms with Gasteiger partial charge >= 0.3 is 11.7 Å². The first kappa shape index (κ1) is 14.8. The molecular formula is C15H17N3O3. The summed E-state index contributed by atoms with van der Waals surface area (Å²) in [6, 6.07) is 5.85. The smallest absolute Gasteiger partial charge is 0.360 e. The molecule has 2 aromatic heterocycles. The zero-order valence-electron chi connectivity index (χ0n) is 11.9. The number of amides is 2. The summed E-state index contributed by atoms with van der Waals surface area (Å²) in [6.07, 6.45) is 3.90. The second-order valence-corrected chi connectivity index (χ2v) is 4.68. The second-order valence-electron chi connectivity index (χ2n) is 4.68. The van der Waals surface area contributed by atoms with Gasteiger partial charge in [-0.2, -0.15) is 0 Å². The first-order valence-corrected chi connectivity index (χ1v) is 6.67. The van der Waals surface area contributed by atoms with E-state index in [0.29, 0.717) is 17.7 Å². The predicted molar refractivity (Wildman–Crippen MR) is 80.0 cm³/mol. The van der Waals surface area contributed by atoms with Crippen molar-refractivity contribution >= 4 is 11.7 Å². The van der Waals surface area contributed by atoms with Crippen molar-refractivity contribution in [3.05, 3.63) is 47.1 Å². The normalized spacial score (nSPS) is 11.9. The molecular weight excluding hydrogens is 270 g/mol. The van der Waals surface area contributed by atoms with Crippen LogP contribution in [-0.2, 0) is 0 Å². The zero-order chi connectivity index (χ0) is 15.4. The Morgan fingerprint density at radius 3 is 2.71 bits per heavy atom. The fourth-order valence-corrected chi connectivity index (χ4v) is 2.01. The summed E-state index contributed by atoms with van der Waals surface area (Å²) in [5.74, 6) is 0.394. The Labute approximate surface area is 122 Å². The lowest BCUT2D eigenvalue weighted by Gasteiger charge is -2.25. The number of aromatic nitrogens is 1. The molecule has 21 heavy (non-hydrogen) atoms. The number of urea groups is 1. The molecule has 0 saturated heterocycles. The first-order chi connectivity index (χ1) is 10.0. The van der Waals surface area contributed by atoms with Crippen LogP contribution in [0.4, 0.5) is 10.5 Å². The number of pyridine rings is 1. The largest absolute Gasteiger partial charge is 0.421 e. The van der Waals surface area contributed by atoms with Crippen molar-refractivity contribution in [3.63, 3.8) is 0 Å². The van der Waals surface area contributed by atoms with Crippen molar-refractivity contribution in [3.8, 4) is 11.3 Å². The number of rotatable bonds is 4. The number of hydrogen-bond donors (Lipinski definition) is 1. The van der Waals surface area contributed by atoms with Crippen LogP contribution in [0.1, 0.15) is 20.3 Å². The maximum atomic E-state index is 12.1. The SMILES string of the molecule is CCC(C)N(C(N)=O)c1ccc(-c2cccnc2)oc1=O. The maximum Gasteiger partial charge on any atom is 0.360 e. The Hall–Kier alpha value is -2.63. The molecule has 6 nitrogen and oxygen atoms in total. The number of anilines is 1. The van der Waals surface area contributed by atoms with Crippen LogP contribution in [0.5, 0.6) is 0 Å². The van der Waals surface area contributed by atoms with Crippen molar-refractivity contribution in [2.45, 2.75) is 26.3 Å². The summed E-state index contributed by atoms with van der Waals surface area (Å²) < 4.78 is 5.28. The molecule has 0 aliphatic heterocycles. The van der Waals surface area contributed by atoms with Crippen molar-refractivity contribution < 1.29 is 9.21 Å². The van der Waals surface area contributed by atoms with Gasteiger partial charge in [0.2, 0.25) is 0 Å². The number of nitrogens with zero attached hydrogens (tertiary/aromatic N) is 2. The summed E-state index contributed by atoms with van der Waals surface area (Å²) in [5, 5.41) is 0. The standard InChI is InChI=1S/C15H17N3O3/c1-3-10(2)18(15(16)20)12-6-7-13(21-14(12)19)11-5-4-8-17-9-11/h4-10H,3H2,1-2H3,(H2,16,20). The summed E-state index contributed by atoms with van der Waals surface area (Å²) in [7, 11) is 0. The highest BCUT2D eigenvalue weighted by molar-refractivity contribution is 5.91. The third-order valence-electron chi connectivity index (χ3n) is 3.28. The van der Waals surface area contributed by atoms with Crippen LogP contribution in [0.25, 0.3) is 11.3 Å². The lowest BCUT2D eigenvalue weighted by Crippen LogP contribution is -2.44. The Morgan fingerprint density at radius 1 is 1.43 bits per heavy atom. The first-order valence-electron chi connectivity index (χ1n) is 6.67. The molecule has 2 heterocycles.